The summed E-state index contributed by atoms with van der Waals surface area (Å²) >= 11 is 5.97. The molecule has 2 aliphatic heterocycles. The Labute approximate surface area is 237 Å². The summed E-state index contributed by atoms with van der Waals surface area (Å²) in [4.78, 5) is 24.2. The fourth-order valence-electron chi connectivity index (χ4n) is 5.69. The van der Waals surface area contributed by atoms with E-state index in [4.69, 9.17) is 25.8 Å². The predicted molar refractivity (Wildman–Crippen MR) is 151 cm³/mol. The summed E-state index contributed by atoms with van der Waals surface area (Å²) in [6.45, 7) is 4.61. The molecule has 3 heterocycles. The van der Waals surface area contributed by atoms with Gasteiger partial charge in [0.1, 0.15) is 23.7 Å². The zero-order valence-corrected chi connectivity index (χ0v) is 23.1. The van der Waals surface area contributed by atoms with E-state index in [1.54, 1.807) is 19.3 Å². The minimum atomic E-state index is -0.495. The molecule has 1 N–H and O–H groups in total. The van der Waals surface area contributed by atoms with Crippen molar-refractivity contribution in [3.63, 3.8) is 0 Å². The van der Waals surface area contributed by atoms with Crippen molar-refractivity contribution in [3.05, 3.63) is 65.2 Å². The number of halogens is 2. The maximum Gasteiger partial charge on any atom is 0.159 e. The van der Waals surface area contributed by atoms with Crippen LogP contribution in [0, 0.1) is 23.6 Å². The number of ether oxygens (including phenoxy) is 3. The Morgan fingerprint density at radius 1 is 1.23 bits per heavy atom. The number of nitrogens with zero attached hydrogens (tertiary/aromatic N) is 3. The van der Waals surface area contributed by atoms with Crippen LogP contribution in [0.15, 0.2) is 48.8 Å². The van der Waals surface area contributed by atoms with Gasteiger partial charge in [0.05, 0.1) is 37.0 Å². The fraction of sp³-hybridized carbons (Fsp3) is 0.433. The molecular formula is C30H32ClFN4O4. The Balaban J connectivity index is 1.22. The van der Waals surface area contributed by atoms with Gasteiger partial charge in [0.25, 0.3) is 0 Å². The summed E-state index contributed by atoms with van der Waals surface area (Å²) in [7, 11) is 1.71. The van der Waals surface area contributed by atoms with Crippen LogP contribution >= 0.6 is 11.6 Å². The molecule has 10 heteroatoms. The van der Waals surface area contributed by atoms with E-state index < -0.39 is 5.82 Å². The number of rotatable bonds is 12. The quantitative estimate of drug-likeness (QED) is 0.312. The molecule has 4 atom stereocenters. The Kier molecular flexibility index (Phi) is 7.98. The minimum Gasteiger partial charge on any atom is -0.493 e. The summed E-state index contributed by atoms with van der Waals surface area (Å²) in [6.07, 6.45) is 6.33. The van der Waals surface area contributed by atoms with Gasteiger partial charge in [0.2, 0.25) is 0 Å². The minimum absolute atomic E-state index is 0.0126. The van der Waals surface area contributed by atoms with Crippen LogP contribution in [0.5, 0.6) is 5.75 Å². The number of ketones is 1. The van der Waals surface area contributed by atoms with Crippen LogP contribution < -0.4 is 10.1 Å². The number of aromatic nitrogens is 2. The lowest BCUT2D eigenvalue weighted by Crippen LogP contribution is -2.49. The Morgan fingerprint density at radius 3 is 2.83 bits per heavy atom. The first-order valence-electron chi connectivity index (χ1n) is 13.6. The summed E-state index contributed by atoms with van der Waals surface area (Å²) in [5.74, 6) is 2.29. The van der Waals surface area contributed by atoms with Crippen molar-refractivity contribution in [2.45, 2.75) is 18.9 Å². The zero-order chi connectivity index (χ0) is 27.6. The highest BCUT2D eigenvalue weighted by molar-refractivity contribution is 6.31. The first-order chi connectivity index (χ1) is 19.5. The van der Waals surface area contributed by atoms with E-state index in [1.807, 2.05) is 18.2 Å². The number of anilines is 2. The maximum atomic E-state index is 13.7. The summed E-state index contributed by atoms with van der Waals surface area (Å²) < 4.78 is 30.8. The number of carbonyl (C=O) groups excluding carboxylic acids is 1. The number of allylic oxidation sites excluding steroid dienone is 1. The molecule has 2 saturated heterocycles. The number of likely N-dealkylation sites (tertiary alicyclic amines) is 1. The van der Waals surface area contributed by atoms with Crippen molar-refractivity contribution in [3.8, 4) is 5.75 Å². The number of methoxy groups -OCH3 is 1. The van der Waals surface area contributed by atoms with Crippen LogP contribution in [-0.4, -0.2) is 73.3 Å². The van der Waals surface area contributed by atoms with Crippen LogP contribution in [0.25, 0.3) is 10.9 Å². The van der Waals surface area contributed by atoms with Crippen LogP contribution in [-0.2, 0) is 20.7 Å². The zero-order valence-electron chi connectivity index (χ0n) is 22.3. The second-order valence-electron chi connectivity index (χ2n) is 10.7. The third-order valence-corrected chi connectivity index (χ3v) is 8.48. The average molecular weight is 567 g/mol. The van der Waals surface area contributed by atoms with Gasteiger partial charge in [-0.15, -0.1) is 0 Å². The molecule has 1 aromatic heterocycles. The van der Waals surface area contributed by atoms with Crippen LogP contribution in [0.3, 0.4) is 0 Å². The largest absolute Gasteiger partial charge is 0.493 e. The van der Waals surface area contributed by atoms with Gasteiger partial charge in [-0.25, -0.2) is 14.4 Å². The first kappa shape index (κ1) is 27.1. The number of hydrogen-bond donors (Lipinski definition) is 1. The van der Waals surface area contributed by atoms with E-state index >= 15 is 0 Å². The number of carbonyl (C=O) groups is 1. The Hall–Kier alpha value is -3.11. The normalized spacial score (nSPS) is 23.8. The molecular weight excluding hydrogens is 535 g/mol. The number of nitrogens with one attached hydrogen (secondary N) is 1. The molecule has 1 aliphatic carbocycles. The number of fused-ring (bicyclic) bond motifs is 2. The second kappa shape index (κ2) is 11.8. The van der Waals surface area contributed by atoms with E-state index in [2.05, 4.69) is 20.2 Å². The fourth-order valence-corrected chi connectivity index (χ4v) is 5.87. The molecule has 0 amide bonds. The van der Waals surface area contributed by atoms with Crippen LogP contribution in [0.1, 0.15) is 12.0 Å². The van der Waals surface area contributed by atoms with Crippen molar-refractivity contribution in [1.29, 1.82) is 0 Å². The van der Waals surface area contributed by atoms with E-state index in [-0.39, 0.29) is 17.2 Å². The summed E-state index contributed by atoms with van der Waals surface area (Å²) in [5.41, 5.74) is 2.03. The molecule has 0 radical (unpaired) electrons. The molecule has 3 fully saturated rings. The molecule has 210 valence electrons. The van der Waals surface area contributed by atoms with Crippen LogP contribution in [0.2, 0.25) is 5.02 Å². The first-order valence-corrected chi connectivity index (χ1v) is 14.0. The standard InChI is InChI=1S/C30H32ClFN4O4/c1-38-13-20-6-8-36(20)7-2-3-21(37)9-18-10-22-28(12-29(18)40-16-25-23-14-39-15-24(23)25)33-17-34-30(22)35-19-4-5-27(32)26(31)11-19/h2-5,10-12,17,20,23-25H,6-9,13-16H2,1H3,(H,33,34,35)/b3-2+/t20-,23-,24+,25?/m1/s1. The van der Waals surface area contributed by atoms with E-state index in [0.717, 1.165) is 43.7 Å². The third-order valence-electron chi connectivity index (χ3n) is 8.19. The van der Waals surface area contributed by atoms with Gasteiger partial charge in [0.15, 0.2) is 5.78 Å². The van der Waals surface area contributed by atoms with Crippen molar-refractivity contribution < 1.29 is 23.4 Å². The highest BCUT2D eigenvalue weighted by Crippen LogP contribution is 2.50. The lowest BCUT2D eigenvalue weighted by Gasteiger charge is -2.39. The summed E-state index contributed by atoms with van der Waals surface area (Å²) in [5, 5.41) is 3.94. The molecule has 6 rings (SSSR count). The van der Waals surface area contributed by atoms with Gasteiger partial charge < -0.3 is 19.5 Å². The molecule has 3 aromatic rings. The van der Waals surface area contributed by atoms with Gasteiger partial charge in [-0.2, -0.15) is 0 Å². The van der Waals surface area contributed by atoms with Gasteiger partial charge in [-0.05, 0) is 48.6 Å². The van der Waals surface area contributed by atoms with Gasteiger partial charge in [-0.1, -0.05) is 17.7 Å². The predicted octanol–water partition coefficient (Wildman–Crippen LogP) is 4.83. The number of benzene rings is 2. The van der Waals surface area contributed by atoms with Gasteiger partial charge in [-0.3, -0.25) is 9.69 Å². The molecule has 1 saturated carbocycles. The van der Waals surface area contributed by atoms with Gasteiger partial charge >= 0.3 is 0 Å². The molecule has 1 unspecified atom stereocenters. The molecule has 8 nitrogen and oxygen atoms in total. The SMILES string of the molecule is COC[C@H]1CCN1C/C=C/C(=O)Cc1cc2c(Nc3ccc(F)c(Cl)c3)ncnc2cc1OCC1[C@H]2COC[C@@H]12. The number of hydrogen-bond acceptors (Lipinski definition) is 8. The molecule has 0 bridgehead atoms. The molecule has 0 spiro atoms. The average Bonchev–Trinajstić information content (AvgIpc) is 3.35. The van der Waals surface area contributed by atoms with E-state index in [9.17, 15) is 9.18 Å². The van der Waals surface area contributed by atoms with Crippen molar-refractivity contribution in [2.75, 3.05) is 51.9 Å². The van der Waals surface area contributed by atoms with Crippen LogP contribution in [0.4, 0.5) is 15.9 Å². The molecule has 40 heavy (non-hydrogen) atoms. The molecule has 3 aliphatic rings. The van der Waals surface area contributed by atoms with Gasteiger partial charge in [0, 0.05) is 61.3 Å². The van der Waals surface area contributed by atoms with Crippen molar-refractivity contribution in [1.82, 2.24) is 14.9 Å². The van der Waals surface area contributed by atoms with Crippen molar-refractivity contribution in [2.24, 2.45) is 17.8 Å². The lowest BCUT2D eigenvalue weighted by atomic mass is 10.0. The van der Waals surface area contributed by atoms with E-state index in [1.165, 1.54) is 18.5 Å². The van der Waals surface area contributed by atoms with Crippen molar-refractivity contribution >= 4 is 39.8 Å². The Bertz CT molecular complexity index is 1430. The maximum absolute atomic E-state index is 13.7. The monoisotopic (exact) mass is 566 g/mol. The second-order valence-corrected chi connectivity index (χ2v) is 11.1. The van der Waals surface area contributed by atoms with E-state index in [0.29, 0.717) is 59.8 Å². The highest BCUT2D eigenvalue weighted by atomic mass is 35.5. The molecule has 2 aromatic carbocycles. The topological polar surface area (TPSA) is 85.8 Å². The highest BCUT2D eigenvalue weighted by Gasteiger charge is 2.54. The lowest BCUT2D eigenvalue weighted by molar-refractivity contribution is -0.114. The Morgan fingerprint density at radius 2 is 2.08 bits per heavy atom. The summed E-state index contributed by atoms with van der Waals surface area (Å²) in [6, 6.07) is 8.59. The third kappa shape index (κ3) is 5.83. The smallest absolute Gasteiger partial charge is 0.159 e.